The van der Waals surface area contributed by atoms with E-state index in [0.717, 1.165) is 5.01 Å². The van der Waals surface area contributed by atoms with Crippen LogP contribution < -0.4 is 20.5 Å². The topological polar surface area (TPSA) is 131 Å². The molecule has 0 unspecified atom stereocenters. The molecule has 0 aliphatic carbocycles. The zero-order chi connectivity index (χ0) is 24.1. The number of anilines is 2. The van der Waals surface area contributed by atoms with Crippen molar-refractivity contribution in [2.75, 3.05) is 16.9 Å². The molecule has 2 N–H and O–H groups in total. The molecule has 0 radical (unpaired) electrons. The maximum Gasteiger partial charge on any atom is 0.311 e. The van der Waals surface area contributed by atoms with E-state index >= 15 is 0 Å². The molecule has 0 saturated carbocycles. The Labute approximate surface area is 193 Å². The van der Waals surface area contributed by atoms with Gasteiger partial charge < -0.3 is 10.1 Å². The van der Waals surface area contributed by atoms with E-state index in [-0.39, 0.29) is 16.9 Å². The van der Waals surface area contributed by atoms with Crippen molar-refractivity contribution in [3.8, 4) is 5.75 Å². The van der Waals surface area contributed by atoms with Crippen LogP contribution in [0, 0.1) is 10.1 Å². The summed E-state index contributed by atoms with van der Waals surface area (Å²) in [5, 5.41) is 15.3. The second-order valence-corrected chi connectivity index (χ2v) is 7.16. The lowest BCUT2D eigenvalue weighted by atomic mass is 10.1. The van der Waals surface area contributed by atoms with Crippen molar-refractivity contribution in [1.82, 2.24) is 5.43 Å². The third-order valence-electron chi connectivity index (χ3n) is 4.81. The highest BCUT2D eigenvalue weighted by molar-refractivity contribution is 6.31. The molecule has 1 aliphatic heterocycles. The first kappa shape index (κ1) is 22.2. The number of hydrazine groups is 1. The van der Waals surface area contributed by atoms with E-state index < -0.39 is 34.9 Å². The second kappa shape index (κ2) is 9.65. The summed E-state index contributed by atoms with van der Waals surface area (Å²) in [7, 11) is 0. The number of ether oxygens (including phenoxy) is 1. The summed E-state index contributed by atoms with van der Waals surface area (Å²) in [4.78, 5) is 48.0. The molecule has 1 aliphatic rings. The van der Waals surface area contributed by atoms with Gasteiger partial charge in [0.15, 0.2) is 12.4 Å². The third kappa shape index (κ3) is 4.91. The van der Waals surface area contributed by atoms with E-state index in [9.17, 15) is 24.5 Å². The van der Waals surface area contributed by atoms with Crippen LogP contribution in [0.15, 0.2) is 84.4 Å². The molecule has 10 nitrogen and oxygen atoms in total. The Morgan fingerprint density at radius 2 is 1.71 bits per heavy atom. The first-order valence-corrected chi connectivity index (χ1v) is 10.1. The van der Waals surface area contributed by atoms with Crippen LogP contribution in [0.2, 0.25) is 0 Å². The van der Waals surface area contributed by atoms with E-state index in [0.29, 0.717) is 11.4 Å². The van der Waals surface area contributed by atoms with Gasteiger partial charge in [0, 0.05) is 11.8 Å². The van der Waals surface area contributed by atoms with Gasteiger partial charge in [-0.25, -0.2) is 5.01 Å². The Morgan fingerprint density at radius 1 is 1.03 bits per heavy atom. The molecule has 0 aromatic heterocycles. The van der Waals surface area contributed by atoms with Crippen molar-refractivity contribution in [3.05, 3.63) is 100 Å². The first-order valence-electron chi connectivity index (χ1n) is 10.1. The summed E-state index contributed by atoms with van der Waals surface area (Å²) in [6.07, 6.45) is 1.26. The predicted molar refractivity (Wildman–Crippen MR) is 124 cm³/mol. The summed E-state index contributed by atoms with van der Waals surface area (Å²) in [6.45, 7) is -0.441. The Bertz CT molecular complexity index is 1290. The Kier molecular flexibility index (Phi) is 6.31. The lowest BCUT2D eigenvalue weighted by Crippen LogP contribution is -2.35. The van der Waals surface area contributed by atoms with Gasteiger partial charge in [-0.05, 0) is 42.0 Å². The smallest absolute Gasteiger partial charge is 0.311 e. The van der Waals surface area contributed by atoms with Crippen LogP contribution in [-0.2, 0) is 14.4 Å². The van der Waals surface area contributed by atoms with Crippen molar-refractivity contribution < 1.29 is 24.0 Å². The van der Waals surface area contributed by atoms with E-state index in [1.165, 1.54) is 24.3 Å². The number of rotatable bonds is 7. The van der Waals surface area contributed by atoms with Gasteiger partial charge in [0.25, 0.3) is 17.7 Å². The number of hydrogen-bond donors (Lipinski definition) is 2. The number of carbonyl (C=O) groups is 3. The minimum atomic E-state index is -0.667. The molecule has 3 aromatic rings. The molecule has 0 spiro atoms. The fourth-order valence-corrected chi connectivity index (χ4v) is 3.23. The van der Waals surface area contributed by atoms with Crippen LogP contribution in [0.1, 0.15) is 5.56 Å². The minimum Gasteiger partial charge on any atom is -0.477 e. The number of carbonyl (C=O) groups excluding carboxylic acids is 3. The van der Waals surface area contributed by atoms with Gasteiger partial charge in [-0.15, -0.1) is 0 Å². The van der Waals surface area contributed by atoms with Gasteiger partial charge in [-0.1, -0.05) is 42.5 Å². The first-order chi connectivity index (χ1) is 16.4. The Balaban J connectivity index is 1.50. The molecule has 4 rings (SSSR count). The van der Waals surface area contributed by atoms with Crippen molar-refractivity contribution in [2.24, 2.45) is 0 Å². The van der Waals surface area contributed by atoms with Crippen LogP contribution in [0.5, 0.6) is 5.75 Å². The summed E-state index contributed by atoms with van der Waals surface area (Å²) < 4.78 is 5.35. The molecule has 1 heterocycles. The minimum absolute atomic E-state index is 0.122. The number of nitro groups is 1. The van der Waals surface area contributed by atoms with Crippen LogP contribution in [0.4, 0.5) is 17.1 Å². The zero-order valence-electron chi connectivity index (χ0n) is 17.6. The van der Waals surface area contributed by atoms with Crippen molar-refractivity contribution in [2.45, 2.75) is 0 Å². The van der Waals surface area contributed by atoms with E-state index in [1.807, 2.05) is 0 Å². The van der Waals surface area contributed by atoms with Crippen LogP contribution in [0.3, 0.4) is 0 Å². The van der Waals surface area contributed by atoms with Crippen LogP contribution >= 0.6 is 0 Å². The Hall–Kier alpha value is -4.99. The molecular formula is C24H18N4O6. The molecule has 3 amide bonds. The van der Waals surface area contributed by atoms with Gasteiger partial charge >= 0.3 is 5.69 Å². The number of nitro benzene ring substituents is 1. The largest absolute Gasteiger partial charge is 0.477 e. The van der Waals surface area contributed by atoms with Gasteiger partial charge in [-0.2, -0.15) is 0 Å². The number of hydrogen-bond acceptors (Lipinski definition) is 6. The normalized spacial score (nSPS) is 14.1. The maximum atomic E-state index is 12.7. The van der Waals surface area contributed by atoms with E-state index in [1.54, 1.807) is 60.7 Å². The van der Waals surface area contributed by atoms with Crippen molar-refractivity contribution in [1.29, 1.82) is 0 Å². The van der Waals surface area contributed by atoms with Gasteiger partial charge in [0.1, 0.15) is 5.57 Å². The summed E-state index contributed by atoms with van der Waals surface area (Å²) in [6, 6.07) is 21.2. The molecule has 10 heteroatoms. The quantitative estimate of drug-likeness (QED) is 0.242. The van der Waals surface area contributed by atoms with Crippen molar-refractivity contribution >= 4 is 40.9 Å². The summed E-state index contributed by atoms with van der Waals surface area (Å²) >= 11 is 0. The van der Waals surface area contributed by atoms with E-state index in [2.05, 4.69) is 10.7 Å². The number of nitrogens with zero attached hydrogens (tertiary/aromatic N) is 2. The van der Waals surface area contributed by atoms with Crippen LogP contribution in [-0.4, -0.2) is 29.3 Å². The van der Waals surface area contributed by atoms with Gasteiger partial charge in [0.2, 0.25) is 0 Å². The average Bonchev–Trinajstić information content (AvgIpc) is 3.12. The van der Waals surface area contributed by atoms with E-state index in [4.69, 9.17) is 4.74 Å². The lowest BCUT2D eigenvalue weighted by molar-refractivity contribution is -0.385. The van der Waals surface area contributed by atoms with Crippen molar-refractivity contribution in [3.63, 3.8) is 0 Å². The monoisotopic (exact) mass is 458 g/mol. The summed E-state index contributed by atoms with van der Waals surface area (Å²) in [5.74, 6) is -1.82. The van der Waals surface area contributed by atoms with Gasteiger partial charge in [0.05, 0.1) is 10.6 Å². The average molecular weight is 458 g/mol. The zero-order valence-corrected chi connectivity index (χ0v) is 17.6. The highest BCUT2D eigenvalue weighted by Crippen LogP contribution is 2.30. The molecule has 1 fully saturated rings. The number of nitrogens with one attached hydrogen (secondary N) is 2. The van der Waals surface area contributed by atoms with Crippen LogP contribution in [0.25, 0.3) is 6.08 Å². The lowest BCUT2D eigenvalue weighted by Gasteiger charge is -2.13. The highest BCUT2D eigenvalue weighted by atomic mass is 16.6. The SMILES string of the molecule is O=C(COc1ccc(C=C2C(=O)NN(c3ccccc3)C2=O)cc1[N+](=O)[O-])Nc1ccccc1. The molecule has 3 aromatic carbocycles. The molecule has 0 bridgehead atoms. The molecule has 170 valence electrons. The predicted octanol–water partition coefficient (Wildman–Crippen LogP) is 3.07. The molecule has 0 atom stereocenters. The molecule has 34 heavy (non-hydrogen) atoms. The highest BCUT2D eigenvalue weighted by Gasteiger charge is 2.34. The second-order valence-electron chi connectivity index (χ2n) is 7.16. The fraction of sp³-hybridized carbons (Fsp3) is 0.0417. The number of amides is 3. The number of para-hydroxylation sites is 2. The standard InChI is InChI=1S/C24H18N4O6/c29-22(25-17-7-3-1-4-8-17)15-34-21-12-11-16(14-20(21)28(32)33)13-19-23(30)26-27(24(19)31)18-9-5-2-6-10-18/h1-14H,15H2,(H,25,29)(H,26,30). The van der Waals surface area contributed by atoms with Gasteiger partial charge in [-0.3, -0.25) is 29.9 Å². The third-order valence-corrected chi connectivity index (χ3v) is 4.81. The number of benzene rings is 3. The fourth-order valence-electron chi connectivity index (χ4n) is 3.23. The molecular weight excluding hydrogens is 440 g/mol. The maximum absolute atomic E-state index is 12.7. The molecule has 1 saturated heterocycles. The summed E-state index contributed by atoms with van der Waals surface area (Å²) in [5.41, 5.74) is 3.18. The Morgan fingerprint density at radius 3 is 2.38 bits per heavy atom.